The van der Waals surface area contributed by atoms with Crippen LogP contribution in [0.5, 0.6) is 0 Å². The first-order valence-corrected chi connectivity index (χ1v) is 10.4. The molecule has 1 aliphatic heterocycles. The van der Waals surface area contributed by atoms with Crippen molar-refractivity contribution < 1.29 is 23.5 Å². The molecule has 0 radical (unpaired) electrons. The molecule has 1 saturated carbocycles. The molecule has 2 amide bonds. The number of likely N-dealkylation sites (tertiary alicyclic amines) is 1. The molecule has 2 fully saturated rings. The first-order valence-electron chi connectivity index (χ1n) is 10.4. The van der Waals surface area contributed by atoms with Crippen molar-refractivity contribution in [2.45, 2.75) is 59.1 Å². The molecule has 1 aliphatic carbocycles. The van der Waals surface area contributed by atoms with Crippen LogP contribution in [0.3, 0.4) is 0 Å². The van der Waals surface area contributed by atoms with Crippen molar-refractivity contribution in [1.82, 2.24) is 4.90 Å². The smallest absolute Gasteiger partial charge is 0.336 e. The average Bonchev–Trinajstić information content (AvgIpc) is 2.97. The van der Waals surface area contributed by atoms with E-state index in [0.29, 0.717) is 29.4 Å². The Balaban J connectivity index is 1.52. The molecular weight excluding hydrogens is 386 g/mol. The second-order valence-corrected chi connectivity index (χ2v) is 8.35. The molecule has 0 bridgehead atoms. The molecule has 7 heteroatoms. The fourth-order valence-electron chi connectivity index (χ4n) is 4.55. The number of rotatable bonds is 4. The van der Waals surface area contributed by atoms with Crippen molar-refractivity contribution >= 4 is 28.8 Å². The molecule has 0 spiro atoms. The Bertz CT molecular complexity index is 1080. The number of ether oxygens (including phenoxy) is 1. The van der Waals surface area contributed by atoms with Crippen LogP contribution in [0.4, 0.5) is 0 Å². The lowest BCUT2D eigenvalue weighted by atomic mass is 9.81. The number of benzene rings is 1. The van der Waals surface area contributed by atoms with Gasteiger partial charge >= 0.3 is 11.6 Å². The van der Waals surface area contributed by atoms with E-state index in [-0.39, 0.29) is 30.3 Å². The fourth-order valence-corrected chi connectivity index (χ4v) is 4.55. The van der Waals surface area contributed by atoms with Crippen molar-refractivity contribution in [1.29, 1.82) is 0 Å². The van der Waals surface area contributed by atoms with Crippen LogP contribution in [0.2, 0.25) is 0 Å². The standard InChI is InChI=1S/C23H25NO6/c1-12-8-18-15(10-20(25)30-19(18)9-13(12)2)11-29-23(28)14(3)24-21(26)16-6-4-5-7-17(16)22(24)27/h8-10,14,16-17H,4-7,11H2,1-3H3/t14-,16-,17-/m0/s1. The number of hydrogen-bond donors (Lipinski definition) is 0. The Morgan fingerprint density at radius 3 is 2.30 bits per heavy atom. The summed E-state index contributed by atoms with van der Waals surface area (Å²) >= 11 is 0. The number of amides is 2. The molecule has 1 saturated heterocycles. The Hall–Kier alpha value is -2.96. The molecule has 158 valence electrons. The summed E-state index contributed by atoms with van der Waals surface area (Å²) in [5, 5.41) is 0.692. The van der Waals surface area contributed by atoms with Crippen molar-refractivity contribution in [3.63, 3.8) is 0 Å². The predicted octanol–water partition coefficient (Wildman–Crippen LogP) is 3.02. The lowest BCUT2D eigenvalue weighted by Crippen LogP contribution is -2.44. The molecule has 0 N–H and O–H groups in total. The SMILES string of the molecule is Cc1cc2oc(=O)cc(COC(=O)[C@H](C)N3C(=O)[C@H]4CCCC[C@@H]4C3=O)c2cc1C. The largest absolute Gasteiger partial charge is 0.459 e. The zero-order valence-corrected chi connectivity index (χ0v) is 17.4. The Kier molecular flexibility index (Phi) is 5.22. The topological polar surface area (TPSA) is 93.9 Å². The van der Waals surface area contributed by atoms with Gasteiger partial charge in [-0.1, -0.05) is 12.8 Å². The maximum absolute atomic E-state index is 12.7. The van der Waals surface area contributed by atoms with Gasteiger partial charge in [-0.2, -0.15) is 0 Å². The summed E-state index contributed by atoms with van der Waals surface area (Å²) < 4.78 is 10.7. The number of nitrogens with zero attached hydrogens (tertiary/aromatic N) is 1. The molecule has 2 aromatic rings. The third-order valence-corrected chi connectivity index (χ3v) is 6.42. The number of hydrogen-bond acceptors (Lipinski definition) is 6. The Morgan fingerprint density at radius 2 is 1.67 bits per heavy atom. The first kappa shape index (κ1) is 20.3. The van der Waals surface area contributed by atoms with Gasteiger partial charge in [0.05, 0.1) is 11.8 Å². The van der Waals surface area contributed by atoms with E-state index < -0.39 is 17.6 Å². The monoisotopic (exact) mass is 411 g/mol. The predicted molar refractivity (Wildman–Crippen MR) is 109 cm³/mol. The molecule has 2 heterocycles. The third kappa shape index (κ3) is 3.42. The maximum atomic E-state index is 12.7. The fraction of sp³-hybridized carbons (Fsp3) is 0.478. The van der Waals surface area contributed by atoms with E-state index in [2.05, 4.69) is 0 Å². The van der Waals surface area contributed by atoms with Gasteiger partial charge in [0, 0.05) is 17.0 Å². The third-order valence-electron chi connectivity index (χ3n) is 6.42. The molecule has 30 heavy (non-hydrogen) atoms. The summed E-state index contributed by atoms with van der Waals surface area (Å²) in [6.07, 6.45) is 3.24. The highest BCUT2D eigenvalue weighted by Gasteiger charge is 2.51. The van der Waals surface area contributed by atoms with E-state index in [1.54, 1.807) is 6.07 Å². The normalized spacial score (nSPS) is 22.3. The van der Waals surface area contributed by atoms with Gasteiger partial charge in [-0.25, -0.2) is 9.59 Å². The van der Waals surface area contributed by atoms with Crippen LogP contribution >= 0.6 is 0 Å². The van der Waals surface area contributed by atoms with Crippen LogP contribution in [-0.2, 0) is 25.7 Å². The molecule has 3 atom stereocenters. The summed E-state index contributed by atoms with van der Waals surface area (Å²) in [6, 6.07) is 3.98. The number of fused-ring (bicyclic) bond motifs is 2. The van der Waals surface area contributed by atoms with E-state index in [1.807, 2.05) is 19.9 Å². The van der Waals surface area contributed by atoms with Crippen molar-refractivity contribution in [3.05, 3.63) is 45.3 Å². The highest BCUT2D eigenvalue weighted by Crippen LogP contribution is 2.39. The van der Waals surface area contributed by atoms with Crippen LogP contribution in [-0.4, -0.2) is 28.7 Å². The quantitative estimate of drug-likeness (QED) is 0.436. The summed E-state index contributed by atoms with van der Waals surface area (Å²) in [4.78, 5) is 51.1. The Morgan fingerprint density at radius 1 is 1.07 bits per heavy atom. The zero-order valence-electron chi connectivity index (χ0n) is 17.4. The highest BCUT2D eigenvalue weighted by atomic mass is 16.5. The van der Waals surface area contributed by atoms with Gasteiger partial charge in [-0.3, -0.25) is 14.5 Å². The summed E-state index contributed by atoms with van der Waals surface area (Å²) in [5.74, 6) is -1.83. The number of carbonyl (C=O) groups is 3. The van der Waals surface area contributed by atoms with Crippen molar-refractivity contribution in [2.75, 3.05) is 0 Å². The maximum Gasteiger partial charge on any atom is 0.336 e. The van der Waals surface area contributed by atoms with Gasteiger partial charge in [-0.05, 0) is 56.9 Å². The van der Waals surface area contributed by atoms with E-state index in [9.17, 15) is 19.2 Å². The van der Waals surface area contributed by atoms with Crippen LogP contribution in [0.1, 0.15) is 49.3 Å². The van der Waals surface area contributed by atoms with Crippen molar-refractivity contribution in [2.24, 2.45) is 11.8 Å². The molecular formula is C23H25NO6. The van der Waals surface area contributed by atoms with Gasteiger partial charge in [0.15, 0.2) is 0 Å². The van der Waals surface area contributed by atoms with Gasteiger partial charge in [0.25, 0.3) is 0 Å². The molecule has 0 unspecified atom stereocenters. The first-order chi connectivity index (χ1) is 14.3. The molecule has 2 aliphatic rings. The average molecular weight is 411 g/mol. The van der Waals surface area contributed by atoms with Crippen LogP contribution in [0.25, 0.3) is 11.0 Å². The van der Waals surface area contributed by atoms with Gasteiger partial charge in [0.1, 0.15) is 18.2 Å². The summed E-state index contributed by atoms with van der Waals surface area (Å²) in [6.45, 7) is 5.24. The van der Waals surface area contributed by atoms with Crippen LogP contribution in [0.15, 0.2) is 27.4 Å². The Labute approximate surface area is 174 Å². The molecule has 7 nitrogen and oxygen atoms in total. The lowest BCUT2D eigenvalue weighted by Gasteiger charge is -2.21. The van der Waals surface area contributed by atoms with Crippen LogP contribution < -0.4 is 5.63 Å². The van der Waals surface area contributed by atoms with Gasteiger partial charge in [-0.15, -0.1) is 0 Å². The second kappa shape index (κ2) is 7.70. The zero-order chi connectivity index (χ0) is 21.6. The van der Waals surface area contributed by atoms with Crippen LogP contribution in [0, 0.1) is 25.7 Å². The number of aryl methyl sites for hydroxylation is 2. The number of esters is 1. The summed E-state index contributed by atoms with van der Waals surface area (Å²) in [7, 11) is 0. The highest BCUT2D eigenvalue weighted by molar-refractivity contribution is 6.07. The minimum absolute atomic E-state index is 0.142. The summed E-state index contributed by atoms with van der Waals surface area (Å²) in [5.41, 5.74) is 2.43. The molecule has 1 aromatic heterocycles. The lowest BCUT2D eigenvalue weighted by molar-refractivity contribution is -0.159. The van der Waals surface area contributed by atoms with Crippen molar-refractivity contribution in [3.8, 4) is 0 Å². The molecule has 4 rings (SSSR count). The van der Waals surface area contributed by atoms with E-state index in [4.69, 9.17) is 9.15 Å². The number of carbonyl (C=O) groups excluding carboxylic acids is 3. The van der Waals surface area contributed by atoms with Gasteiger partial charge < -0.3 is 9.15 Å². The molecule has 1 aromatic carbocycles. The minimum Gasteiger partial charge on any atom is -0.459 e. The van der Waals surface area contributed by atoms with E-state index in [1.165, 1.54) is 13.0 Å². The number of imide groups is 1. The minimum atomic E-state index is -0.994. The van der Waals surface area contributed by atoms with E-state index in [0.717, 1.165) is 28.9 Å². The van der Waals surface area contributed by atoms with E-state index >= 15 is 0 Å². The second-order valence-electron chi connectivity index (χ2n) is 8.35. The van der Waals surface area contributed by atoms with Gasteiger partial charge in [0.2, 0.25) is 11.8 Å².